The highest BCUT2D eigenvalue weighted by molar-refractivity contribution is 9.10. The summed E-state index contributed by atoms with van der Waals surface area (Å²) >= 11 is 3.34. The Morgan fingerprint density at radius 3 is 2.43 bits per heavy atom. The third-order valence-electron chi connectivity index (χ3n) is 2.99. The molecular weight excluding hydrogens is 340 g/mol. The van der Waals surface area contributed by atoms with Crippen LogP contribution in [0.15, 0.2) is 40.9 Å². The SMILES string of the molecule is Cc1ccc(C(=O)NCCc2cc(F)cc(F)c2)c(Br)c1. The van der Waals surface area contributed by atoms with Gasteiger partial charge in [-0.2, -0.15) is 0 Å². The molecule has 0 bridgehead atoms. The fourth-order valence-electron chi connectivity index (χ4n) is 1.98. The van der Waals surface area contributed by atoms with E-state index in [1.165, 1.54) is 12.1 Å². The van der Waals surface area contributed by atoms with Crippen LogP contribution in [0.5, 0.6) is 0 Å². The van der Waals surface area contributed by atoms with Crippen LogP contribution < -0.4 is 5.32 Å². The van der Waals surface area contributed by atoms with Gasteiger partial charge in [0, 0.05) is 17.1 Å². The van der Waals surface area contributed by atoms with Crippen molar-refractivity contribution in [3.63, 3.8) is 0 Å². The van der Waals surface area contributed by atoms with E-state index in [4.69, 9.17) is 0 Å². The Balaban J connectivity index is 1.95. The summed E-state index contributed by atoms with van der Waals surface area (Å²) in [7, 11) is 0. The number of benzene rings is 2. The van der Waals surface area contributed by atoms with Gasteiger partial charge in [0.25, 0.3) is 5.91 Å². The number of halogens is 3. The number of hydrogen-bond acceptors (Lipinski definition) is 1. The molecule has 2 aromatic carbocycles. The largest absolute Gasteiger partial charge is 0.352 e. The molecule has 0 unspecified atom stereocenters. The lowest BCUT2D eigenvalue weighted by molar-refractivity contribution is 0.0953. The summed E-state index contributed by atoms with van der Waals surface area (Å²) < 4.78 is 26.8. The molecule has 2 rings (SSSR count). The number of carbonyl (C=O) groups is 1. The topological polar surface area (TPSA) is 29.1 Å². The summed E-state index contributed by atoms with van der Waals surface area (Å²) in [5.74, 6) is -1.45. The normalized spacial score (nSPS) is 10.5. The van der Waals surface area contributed by atoms with E-state index in [-0.39, 0.29) is 5.91 Å². The van der Waals surface area contributed by atoms with Crippen LogP contribution in [0.3, 0.4) is 0 Å². The summed E-state index contributed by atoms with van der Waals surface area (Å²) in [6.07, 6.45) is 0.365. The summed E-state index contributed by atoms with van der Waals surface area (Å²) in [5, 5.41) is 2.73. The van der Waals surface area contributed by atoms with E-state index in [0.717, 1.165) is 16.1 Å². The van der Waals surface area contributed by atoms with E-state index in [9.17, 15) is 13.6 Å². The maximum Gasteiger partial charge on any atom is 0.252 e. The lowest BCUT2D eigenvalue weighted by Crippen LogP contribution is -2.26. The van der Waals surface area contributed by atoms with Crippen molar-refractivity contribution in [2.24, 2.45) is 0 Å². The molecule has 0 saturated carbocycles. The van der Waals surface area contributed by atoms with Crippen molar-refractivity contribution >= 4 is 21.8 Å². The van der Waals surface area contributed by atoms with Crippen molar-refractivity contribution in [2.75, 3.05) is 6.54 Å². The van der Waals surface area contributed by atoms with Crippen LogP contribution in [0.4, 0.5) is 8.78 Å². The van der Waals surface area contributed by atoms with Crippen molar-refractivity contribution in [3.05, 3.63) is 69.2 Å². The summed E-state index contributed by atoms with van der Waals surface area (Å²) in [6, 6.07) is 8.79. The third-order valence-corrected chi connectivity index (χ3v) is 3.65. The van der Waals surface area contributed by atoms with Gasteiger partial charge < -0.3 is 5.32 Å². The van der Waals surface area contributed by atoms with Crippen molar-refractivity contribution in [2.45, 2.75) is 13.3 Å². The maximum atomic E-state index is 13.0. The average molecular weight is 354 g/mol. The summed E-state index contributed by atoms with van der Waals surface area (Å²) in [6.45, 7) is 2.24. The molecule has 2 aromatic rings. The molecule has 5 heteroatoms. The average Bonchev–Trinajstić information content (AvgIpc) is 2.37. The number of nitrogens with one attached hydrogen (secondary N) is 1. The Bertz CT molecular complexity index is 653. The molecule has 0 spiro atoms. The minimum Gasteiger partial charge on any atom is -0.352 e. The predicted molar refractivity (Wildman–Crippen MR) is 81.3 cm³/mol. The molecular formula is C16H14BrF2NO. The van der Waals surface area contributed by atoms with E-state index in [1.54, 1.807) is 6.07 Å². The molecule has 0 aliphatic carbocycles. The number of carbonyl (C=O) groups excluding carboxylic acids is 1. The summed E-state index contributed by atoms with van der Waals surface area (Å²) in [4.78, 5) is 12.0. The quantitative estimate of drug-likeness (QED) is 0.883. The molecule has 0 atom stereocenters. The lowest BCUT2D eigenvalue weighted by atomic mass is 10.1. The minimum atomic E-state index is -0.613. The molecule has 1 amide bonds. The summed E-state index contributed by atoms with van der Waals surface area (Å²) in [5.41, 5.74) is 2.09. The maximum absolute atomic E-state index is 13.0. The Morgan fingerprint density at radius 2 is 1.81 bits per heavy atom. The molecule has 1 N–H and O–H groups in total. The number of hydrogen-bond donors (Lipinski definition) is 1. The van der Waals surface area contributed by atoms with Gasteiger partial charge in [-0.25, -0.2) is 8.78 Å². The van der Waals surface area contributed by atoms with E-state index < -0.39 is 11.6 Å². The van der Waals surface area contributed by atoms with Crippen molar-refractivity contribution < 1.29 is 13.6 Å². The van der Waals surface area contributed by atoms with E-state index >= 15 is 0 Å². The Kier molecular flexibility index (Phi) is 5.07. The van der Waals surface area contributed by atoms with Crippen LogP contribution in [0, 0.1) is 18.6 Å². The molecule has 0 aliphatic rings. The highest BCUT2D eigenvalue weighted by atomic mass is 79.9. The number of rotatable bonds is 4. The first-order valence-corrected chi connectivity index (χ1v) is 7.24. The van der Waals surface area contributed by atoms with Gasteiger partial charge in [-0.1, -0.05) is 6.07 Å². The van der Waals surface area contributed by atoms with Crippen molar-refractivity contribution in [1.29, 1.82) is 0 Å². The van der Waals surface area contributed by atoms with Crippen molar-refractivity contribution in [3.8, 4) is 0 Å². The number of amides is 1. The first-order chi connectivity index (χ1) is 9.95. The van der Waals surface area contributed by atoms with Gasteiger partial charge in [-0.15, -0.1) is 0 Å². The van der Waals surface area contributed by atoms with Gasteiger partial charge in [0.05, 0.1) is 5.56 Å². The molecule has 0 aliphatic heterocycles. The van der Waals surface area contributed by atoms with Crippen LogP contribution in [-0.4, -0.2) is 12.5 Å². The van der Waals surface area contributed by atoms with Crippen LogP contribution in [0.2, 0.25) is 0 Å². The van der Waals surface area contributed by atoms with Gasteiger partial charge in [0.1, 0.15) is 11.6 Å². The molecule has 0 saturated heterocycles. The van der Waals surface area contributed by atoms with Crippen LogP contribution in [-0.2, 0) is 6.42 Å². The fourth-order valence-corrected chi connectivity index (χ4v) is 2.65. The molecule has 0 aromatic heterocycles. The zero-order valence-electron chi connectivity index (χ0n) is 11.4. The molecule has 0 heterocycles. The molecule has 0 fully saturated rings. The second-order valence-corrected chi connectivity index (χ2v) is 5.62. The predicted octanol–water partition coefficient (Wildman–Crippen LogP) is 4.01. The smallest absolute Gasteiger partial charge is 0.252 e. The van der Waals surface area contributed by atoms with Crippen molar-refractivity contribution in [1.82, 2.24) is 5.32 Å². The second-order valence-electron chi connectivity index (χ2n) is 4.77. The monoisotopic (exact) mass is 353 g/mol. The van der Waals surface area contributed by atoms with Gasteiger partial charge in [-0.3, -0.25) is 4.79 Å². The standard InChI is InChI=1S/C16H14BrF2NO/c1-10-2-3-14(15(17)6-10)16(21)20-5-4-11-7-12(18)9-13(19)8-11/h2-3,6-9H,4-5H2,1H3,(H,20,21). The van der Waals surface area contributed by atoms with Crippen LogP contribution in [0.1, 0.15) is 21.5 Å². The van der Waals surface area contributed by atoms with E-state index in [0.29, 0.717) is 24.1 Å². The Morgan fingerprint density at radius 1 is 1.14 bits per heavy atom. The van der Waals surface area contributed by atoms with Crippen LogP contribution >= 0.6 is 15.9 Å². The molecule has 0 radical (unpaired) electrons. The Hall–Kier alpha value is -1.75. The zero-order chi connectivity index (χ0) is 15.4. The Labute approximate surface area is 130 Å². The van der Waals surface area contributed by atoms with E-state index in [2.05, 4.69) is 21.2 Å². The second kappa shape index (κ2) is 6.80. The fraction of sp³-hybridized carbons (Fsp3) is 0.188. The first-order valence-electron chi connectivity index (χ1n) is 6.45. The molecule has 110 valence electrons. The number of aryl methyl sites for hydroxylation is 1. The minimum absolute atomic E-state index is 0.223. The van der Waals surface area contributed by atoms with Gasteiger partial charge >= 0.3 is 0 Å². The first kappa shape index (κ1) is 15.6. The lowest BCUT2D eigenvalue weighted by Gasteiger charge is -2.08. The zero-order valence-corrected chi connectivity index (χ0v) is 13.0. The van der Waals surface area contributed by atoms with Gasteiger partial charge in [0.15, 0.2) is 0 Å². The highest BCUT2D eigenvalue weighted by Gasteiger charge is 2.09. The van der Waals surface area contributed by atoms with Crippen LogP contribution in [0.25, 0.3) is 0 Å². The van der Waals surface area contributed by atoms with Gasteiger partial charge in [-0.05, 0) is 64.7 Å². The van der Waals surface area contributed by atoms with Gasteiger partial charge in [0.2, 0.25) is 0 Å². The van der Waals surface area contributed by atoms with E-state index in [1.807, 2.05) is 19.1 Å². The third kappa shape index (κ3) is 4.36. The highest BCUT2D eigenvalue weighted by Crippen LogP contribution is 2.18. The molecule has 21 heavy (non-hydrogen) atoms. The molecule has 2 nitrogen and oxygen atoms in total.